The molecule has 4 rings (SSSR count). The Hall–Kier alpha value is -2.08. The number of amides is 2. The van der Waals surface area contributed by atoms with E-state index in [4.69, 9.17) is 4.74 Å². The Morgan fingerprint density at radius 3 is 2.50 bits per heavy atom. The molecular formula is C24H35N3O3. The first-order chi connectivity index (χ1) is 14.6. The van der Waals surface area contributed by atoms with E-state index in [0.717, 1.165) is 63.7 Å². The first-order valence-corrected chi connectivity index (χ1v) is 11.6. The van der Waals surface area contributed by atoms with E-state index in [1.54, 1.807) is 0 Å². The van der Waals surface area contributed by atoms with Crippen LogP contribution in [-0.4, -0.2) is 66.7 Å². The fourth-order valence-electron chi connectivity index (χ4n) is 5.63. The smallest absolute Gasteiger partial charge is 0.410 e. The molecule has 3 aliphatic rings. The van der Waals surface area contributed by atoms with Crippen LogP contribution in [0.15, 0.2) is 24.3 Å². The van der Waals surface area contributed by atoms with Gasteiger partial charge in [0.25, 0.3) is 0 Å². The van der Waals surface area contributed by atoms with Crippen LogP contribution in [0.4, 0.5) is 10.5 Å². The topological polar surface area (TPSA) is 53.1 Å². The fourth-order valence-corrected chi connectivity index (χ4v) is 5.63. The van der Waals surface area contributed by atoms with Crippen molar-refractivity contribution in [3.63, 3.8) is 0 Å². The van der Waals surface area contributed by atoms with Gasteiger partial charge in [-0.2, -0.15) is 0 Å². The maximum Gasteiger partial charge on any atom is 0.410 e. The zero-order valence-corrected chi connectivity index (χ0v) is 18.4. The van der Waals surface area contributed by atoms with Crippen molar-refractivity contribution >= 4 is 17.7 Å². The van der Waals surface area contributed by atoms with Crippen LogP contribution < -0.4 is 4.90 Å². The monoisotopic (exact) mass is 413 g/mol. The molecule has 3 aliphatic heterocycles. The largest absolute Gasteiger partial charge is 0.450 e. The van der Waals surface area contributed by atoms with Crippen molar-refractivity contribution in [3.05, 3.63) is 29.8 Å². The highest BCUT2D eigenvalue weighted by Gasteiger charge is 2.45. The highest BCUT2D eigenvalue weighted by molar-refractivity contribution is 5.93. The average Bonchev–Trinajstić information content (AvgIpc) is 3.01. The quantitative estimate of drug-likeness (QED) is 0.739. The summed E-state index contributed by atoms with van der Waals surface area (Å²) in [4.78, 5) is 31.5. The van der Waals surface area contributed by atoms with Gasteiger partial charge in [-0.3, -0.25) is 9.69 Å². The second-order valence-electron chi connectivity index (χ2n) is 8.94. The third kappa shape index (κ3) is 4.34. The Bertz CT molecular complexity index is 754. The van der Waals surface area contributed by atoms with Crippen LogP contribution in [0.3, 0.4) is 0 Å². The number of carbonyl (C=O) groups excluding carboxylic acids is 2. The van der Waals surface area contributed by atoms with E-state index in [2.05, 4.69) is 23.1 Å². The number of fused-ring (bicyclic) bond motifs is 3. The summed E-state index contributed by atoms with van der Waals surface area (Å²) in [6, 6.07) is 9.43. The van der Waals surface area contributed by atoms with Crippen LogP contribution in [0.1, 0.15) is 57.4 Å². The molecule has 2 bridgehead atoms. The lowest BCUT2D eigenvalue weighted by atomic mass is 9.95. The summed E-state index contributed by atoms with van der Waals surface area (Å²) in [6.45, 7) is 4.35. The van der Waals surface area contributed by atoms with Gasteiger partial charge < -0.3 is 14.5 Å². The molecule has 0 aromatic heterocycles. The fraction of sp³-hybridized carbons (Fsp3) is 0.667. The van der Waals surface area contributed by atoms with Crippen LogP contribution in [0.2, 0.25) is 0 Å². The third-order valence-electron chi connectivity index (χ3n) is 7.18. The van der Waals surface area contributed by atoms with Crippen LogP contribution >= 0.6 is 0 Å². The van der Waals surface area contributed by atoms with Crippen molar-refractivity contribution in [2.45, 2.75) is 76.4 Å². The van der Waals surface area contributed by atoms with Crippen LogP contribution in [0, 0.1) is 0 Å². The van der Waals surface area contributed by atoms with Gasteiger partial charge in [-0.05, 0) is 70.0 Å². The molecule has 2 saturated heterocycles. The Balaban J connectivity index is 1.48. The molecule has 2 atom stereocenters. The minimum absolute atomic E-state index is 0.128. The molecule has 0 aliphatic carbocycles. The van der Waals surface area contributed by atoms with E-state index in [1.807, 2.05) is 29.8 Å². The first-order valence-electron chi connectivity index (χ1n) is 11.6. The second kappa shape index (κ2) is 9.38. The van der Waals surface area contributed by atoms with E-state index in [9.17, 15) is 9.59 Å². The Labute approximate surface area is 180 Å². The molecule has 0 N–H and O–H groups in total. The van der Waals surface area contributed by atoms with E-state index in [-0.39, 0.29) is 12.0 Å². The predicted molar refractivity (Wildman–Crippen MR) is 118 cm³/mol. The lowest BCUT2D eigenvalue weighted by Crippen LogP contribution is -2.53. The predicted octanol–water partition coefficient (Wildman–Crippen LogP) is 3.83. The van der Waals surface area contributed by atoms with Crippen molar-refractivity contribution < 1.29 is 14.3 Å². The number of rotatable bonds is 2. The number of piperidine rings is 1. The first kappa shape index (κ1) is 21.2. The zero-order valence-electron chi connectivity index (χ0n) is 18.4. The summed E-state index contributed by atoms with van der Waals surface area (Å²) in [5, 5.41) is 0. The molecule has 6 heteroatoms. The van der Waals surface area contributed by atoms with Gasteiger partial charge in [0.2, 0.25) is 5.91 Å². The summed E-state index contributed by atoms with van der Waals surface area (Å²) >= 11 is 0. The van der Waals surface area contributed by atoms with Crippen LogP contribution in [0.25, 0.3) is 0 Å². The molecule has 2 fully saturated rings. The van der Waals surface area contributed by atoms with Gasteiger partial charge in [-0.15, -0.1) is 0 Å². The number of anilines is 1. The number of nitrogens with zero attached hydrogens (tertiary/aromatic N) is 3. The molecule has 6 nitrogen and oxygen atoms in total. The maximum absolute atomic E-state index is 12.6. The summed E-state index contributed by atoms with van der Waals surface area (Å²) < 4.78 is 5.32. The van der Waals surface area contributed by atoms with Crippen molar-refractivity contribution in [1.82, 2.24) is 9.80 Å². The Morgan fingerprint density at radius 2 is 1.77 bits per heavy atom. The van der Waals surface area contributed by atoms with Gasteiger partial charge in [0.05, 0.1) is 6.61 Å². The molecule has 0 saturated carbocycles. The summed E-state index contributed by atoms with van der Waals surface area (Å²) in [5.41, 5.74) is 2.29. The van der Waals surface area contributed by atoms with Crippen molar-refractivity contribution in [2.75, 3.05) is 31.6 Å². The number of benzene rings is 1. The van der Waals surface area contributed by atoms with Gasteiger partial charge in [-0.1, -0.05) is 18.2 Å². The maximum atomic E-state index is 12.6. The molecule has 164 valence electrons. The molecular weight excluding hydrogens is 378 g/mol. The molecule has 3 heterocycles. The highest BCUT2D eigenvalue weighted by Crippen LogP contribution is 2.38. The van der Waals surface area contributed by atoms with Crippen LogP contribution in [-0.2, 0) is 16.0 Å². The molecule has 0 spiro atoms. The minimum Gasteiger partial charge on any atom is -0.450 e. The number of ether oxygens (including phenoxy) is 1. The molecule has 1 aromatic rings. The molecule has 30 heavy (non-hydrogen) atoms. The number of hydrogen-bond acceptors (Lipinski definition) is 4. The Kier molecular flexibility index (Phi) is 6.61. The van der Waals surface area contributed by atoms with Crippen molar-refractivity contribution in [3.8, 4) is 0 Å². The van der Waals surface area contributed by atoms with Gasteiger partial charge >= 0.3 is 6.09 Å². The number of carbonyl (C=O) groups is 2. The van der Waals surface area contributed by atoms with Gasteiger partial charge in [-0.25, -0.2) is 4.79 Å². The average molecular weight is 414 g/mol. The van der Waals surface area contributed by atoms with E-state index in [1.165, 1.54) is 5.56 Å². The summed E-state index contributed by atoms with van der Waals surface area (Å²) in [6.07, 6.45) is 7.65. The molecule has 2 unspecified atom stereocenters. The van der Waals surface area contributed by atoms with Gasteiger partial charge in [0.15, 0.2) is 0 Å². The van der Waals surface area contributed by atoms with E-state index in [0.29, 0.717) is 31.2 Å². The van der Waals surface area contributed by atoms with Gasteiger partial charge in [0.1, 0.15) is 0 Å². The lowest BCUT2D eigenvalue weighted by molar-refractivity contribution is -0.118. The Morgan fingerprint density at radius 1 is 1.03 bits per heavy atom. The van der Waals surface area contributed by atoms with Crippen LogP contribution in [0.5, 0.6) is 0 Å². The van der Waals surface area contributed by atoms with E-state index >= 15 is 0 Å². The standard InChI is InChI=1S/C24H35N3O3/c1-3-30-24(29)27-19-11-12-20(27)17-21(16-19)26-14-7-6-10-23(28)25(2)22-9-5-4-8-18(22)13-15-26/h4-5,8-9,19-21H,3,6-7,10-17H2,1-2H3. The summed E-state index contributed by atoms with van der Waals surface area (Å²) in [5.74, 6) is 0.205. The number of para-hydroxylation sites is 1. The van der Waals surface area contributed by atoms with E-state index < -0.39 is 0 Å². The van der Waals surface area contributed by atoms with Gasteiger partial charge in [0, 0.05) is 43.8 Å². The molecule has 0 radical (unpaired) electrons. The number of hydrogen-bond donors (Lipinski definition) is 0. The SMILES string of the molecule is CCOC(=O)N1C2CCC1CC(N1CCCCC(=O)N(C)c3ccccc3CC1)C2. The lowest BCUT2D eigenvalue weighted by Gasteiger charge is -2.43. The summed E-state index contributed by atoms with van der Waals surface area (Å²) in [7, 11) is 1.90. The van der Waals surface area contributed by atoms with Crippen molar-refractivity contribution in [1.29, 1.82) is 0 Å². The molecule has 2 amide bonds. The highest BCUT2D eigenvalue weighted by atomic mass is 16.6. The molecule has 1 aromatic carbocycles. The zero-order chi connectivity index (χ0) is 21.1. The minimum atomic E-state index is -0.128. The van der Waals surface area contributed by atoms with Crippen molar-refractivity contribution in [2.24, 2.45) is 0 Å². The normalized spacial score (nSPS) is 28.1. The third-order valence-corrected chi connectivity index (χ3v) is 7.18. The second-order valence-corrected chi connectivity index (χ2v) is 8.94.